The first-order chi connectivity index (χ1) is 11.1. The van der Waals surface area contributed by atoms with Gasteiger partial charge in [0.2, 0.25) is 11.4 Å². The van der Waals surface area contributed by atoms with Crippen LogP contribution in [0.25, 0.3) is 4.85 Å². The van der Waals surface area contributed by atoms with E-state index in [4.69, 9.17) is 11.1 Å². The van der Waals surface area contributed by atoms with E-state index in [1.54, 1.807) is 20.8 Å². The van der Waals surface area contributed by atoms with E-state index in [9.17, 15) is 13.2 Å². The molecule has 0 radical (unpaired) electrons. The van der Waals surface area contributed by atoms with Gasteiger partial charge in [-0.3, -0.25) is 9.35 Å². The molecule has 0 aromatic heterocycles. The summed E-state index contributed by atoms with van der Waals surface area (Å²) in [6.07, 6.45) is 1.48. The van der Waals surface area contributed by atoms with E-state index < -0.39 is 20.4 Å². The first-order valence-corrected chi connectivity index (χ1v) is 10.3. The van der Waals surface area contributed by atoms with Crippen molar-refractivity contribution in [2.45, 2.75) is 50.3 Å². The summed E-state index contributed by atoms with van der Waals surface area (Å²) in [5.41, 5.74) is -0.639. The van der Waals surface area contributed by atoms with Gasteiger partial charge < -0.3 is 14.6 Å². The van der Waals surface area contributed by atoms with Crippen LogP contribution in [0.1, 0.15) is 40.0 Å². The molecule has 0 aromatic rings. The second-order valence-corrected chi connectivity index (χ2v) is 10.6. The van der Waals surface area contributed by atoms with Gasteiger partial charge in [0, 0.05) is 39.7 Å². The third kappa shape index (κ3) is 11.4. The number of nitrogens with zero attached hydrogens (tertiary/aromatic N) is 2. The molecule has 0 aliphatic rings. The second-order valence-electron chi connectivity index (χ2n) is 8.01. The molecule has 1 amide bonds. The molecule has 1 atom stereocenters. The fraction of sp³-hybridized carbons (Fsp3) is 0.875. The highest BCUT2D eigenvalue weighted by atomic mass is 32.2. The molecule has 0 fully saturated rings. The summed E-state index contributed by atoms with van der Waals surface area (Å²) in [7, 11) is 0.0448. The number of rotatable bonds is 11. The average Bonchev–Trinajstić information content (AvgIpc) is 2.40. The average molecular weight is 395 g/mol. The van der Waals surface area contributed by atoms with Crippen LogP contribution in [0, 0.1) is 6.57 Å². The maximum absolute atomic E-state index is 12.3. The molecule has 2 N–H and O–H groups in total. The molecule has 146 valence electrons. The van der Waals surface area contributed by atoms with Gasteiger partial charge in [-0.05, 0) is 6.92 Å². The van der Waals surface area contributed by atoms with E-state index in [0.29, 0.717) is 30.4 Å². The first-order valence-electron chi connectivity index (χ1n) is 8.27. The molecular weight excluding hydrogens is 362 g/mol. The third-order valence-electron chi connectivity index (χ3n) is 3.96. The summed E-state index contributed by atoms with van der Waals surface area (Å²) in [5.74, 6) is -0.426. The summed E-state index contributed by atoms with van der Waals surface area (Å²) in [5, 5.41) is 2.86. The predicted molar refractivity (Wildman–Crippen MR) is 103 cm³/mol. The number of thiol groups is 1. The lowest BCUT2D eigenvalue weighted by atomic mass is 9.91. The van der Waals surface area contributed by atoms with Crippen LogP contribution in [0.2, 0.25) is 0 Å². The van der Waals surface area contributed by atoms with E-state index in [1.165, 1.54) is 0 Å². The van der Waals surface area contributed by atoms with Gasteiger partial charge in [0.05, 0.1) is 37.7 Å². The lowest BCUT2D eigenvalue weighted by molar-refractivity contribution is -0.890. The van der Waals surface area contributed by atoms with Crippen LogP contribution < -0.4 is 5.32 Å². The standard InChI is InChI=1S/C16H31N3O4S2/c1-15(2,17-4)13-16(3,24)14(20)18-9-7-10-19(5,6)11-8-12-25(21,22)23/h7-13H2,1-3,5-6H3,(H2-,18,20,21,22,23,24)/p+1. The highest BCUT2D eigenvalue weighted by Gasteiger charge is 2.39. The van der Waals surface area contributed by atoms with Gasteiger partial charge in [-0.2, -0.15) is 21.0 Å². The number of hydrogen-bond donors (Lipinski definition) is 3. The molecule has 9 heteroatoms. The van der Waals surface area contributed by atoms with Gasteiger partial charge in [-0.15, -0.1) is 0 Å². The van der Waals surface area contributed by atoms with Crippen molar-refractivity contribution in [3.8, 4) is 0 Å². The van der Waals surface area contributed by atoms with Crippen LogP contribution in [0.5, 0.6) is 0 Å². The van der Waals surface area contributed by atoms with Crippen molar-refractivity contribution in [3.63, 3.8) is 0 Å². The number of carbonyl (C=O) groups excluding carboxylic acids is 1. The van der Waals surface area contributed by atoms with Gasteiger partial charge in [-0.25, -0.2) is 6.57 Å². The summed E-state index contributed by atoms with van der Waals surface area (Å²) in [4.78, 5) is 15.8. The van der Waals surface area contributed by atoms with Gasteiger partial charge in [0.15, 0.2) is 0 Å². The van der Waals surface area contributed by atoms with Crippen LogP contribution in [-0.4, -0.2) is 73.1 Å². The summed E-state index contributed by atoms with van der Waals surface area (Å²) in [6.45, 7) is 14.3. The lowest BCUT2D eigenvalue weighted by Crippen LogP contribution is -2.46. The summed E-state index contributed by atoms with van der Waals surface area (Å²) >= 11 is 4.42. The Labute approximate surface area is 157 Å². The Morgan fingerprint density at radius 1 is 1.24 bits per heavy atom. The SMILES string of the molecule is [C-]#[N+]C(C)(C)CC(C)(S)C(=O)NCCC[N+](C)(C)CCCS(=O)(=O)O. The zero-order valence-electron chi connectivity index (χ0n) is 15.9. The highest BCUT2D eigenvalue weighted by molar-refractivity contribution is 7.85. The first kappa shape index (κ1) is 24.2. The molecular formula is C16H32N3O4S2+. The predicted octanol–water partition coefficient (Wildman–Crippen LogP) is 1.62. The van der Waals surface area contributed by atoms with Gasteiger partial charge in [-0.1, -0.05) is 0 Å². The molecule has 0 rings (SSSR count). The van der Waals surface area contributed by atoms with Gasteiger partial charge >= 0.3 is 0 Å². The molecule has 0 aliphatic carbocycles. The fourth-order valence-electron chi connectivity index (χ4n) is 2.65. The van der Waals surface area contributed by atoms with Crippen molar-refractivity contribution < 1.29 is 22.2 Å². The van der Waals surface area contributed by atoms with Crippen molar-refractivity contribution in [1.29, 1.82) is 0 Å². The monoisotopic (exact) mass is 394 g/mol. The zero-order chi connectivity index (χ0) is 19.9. The number of amides is 1. The van der Waals surface area contributed by atoms with Crippen LogP contribution in [0.4, 0.5) is 0 Å². The molecule has 0 spiro atoms. The number of carbonyl (C=O) groups is 1. The molecule has 0 saturated carbocycles. The molecule has 0 aromatic carbocycles. The lowest BCUT2D eigenvalue weighted by Gasteiger charge is -2.30. The van der Waals surface area contributed by atoms with Crippen molar-refractivity contribution in [2.24, 2.45) is 0 Å². The van der Waals surface area contributed by atoms with Crippen molar-refractivity contribution in [2.75, 3.05) is 39.5 Å². The molecule has 0 aliphatic heterocycles. The number of hydrogen-bond acceptors (Lipinski definition) is 4. The van der Waals surface area contributed by atoms with E-state index in [0.717, 1.165) is 13.0 Å². The van der Waals surface area contributed by atoms with Crippen molar-refractivity contribution in [1.82, 2.24) is 5.32 Å². The number of nitrogens with one attached hydrogen (secondary N) is 1. The van der Waals surface area contributed by atoms with Crippen molar-refractivity contribution >= 4 is 28.7 Å². The van der Waals surface area contributed by atoms with E-state index in [1.807, 2.05) is 14.1 Å². The Bertz CT molecular complexity index is 593. The Balaban J connectivity index is 4.26. The van der Waals surface area contributed by atoms with Crippen LogP contribution in [-0.2, 0) is 14.9 Å². The maximum atomic E-state index is 12.3. The fourth-order valence-corrected chi connectivity index (χ4v) is 3.61. The van der Waals surface area contributed by atoms with Gasteiger partial charge in [0.25, 0.3) is 10.1 Å². The van der Waals surface area contributed by atoms with E-state index >= 15 is 0 Å². The normalized spacial score (nSPS) is 15.3. The van der Waals surface area contributed by atoms with Crippen LogP contribution in [0.15, 0.2) is 0 Å². The molecule has 0 saturated heterocycles. The van der Waals surface area contributed by atoms with Gasteiger partial charge in [0.1, 0.15) is 0 Å². The quantitative estimate of drug-likeness (QED) is 0.163. The molecule has 25 heavy (non-hydrogen) atoms. The molecule has 7 nitrogen and oxygen atoms in total. The smallest absolute Gasteiger partial charge is 0.265 e. The minimum absolute atomic E-state index is 0.191. The van der Waals surface area contributed by atoms with Crippen molar-refractivity contribution in [3.05, 3.63) is 11.4 Å². The second kappa shape index (κ2) is 9.21. The molecule has 0 bridgehead atoms. The largest absolute Gasteiger partial charge is 0.355 e. The Hall–Kier alpha value is -0.820. The Morgan fingerprint density at radius 2 is 1.76 bits per heavy atom. The van der Waals surface area contributed by atoms with E-state index in [2.05, 4.69) is 22.8 Å². The molecule has 1 unspecified atom stereocenters. The van der Waals surface area contributed by atoms with Crippen LogP contribution >= 0.6 is 12.6 Å². The Morgan fingerprint density at radius 3 is 2.24 bits per heavy atom. The number of quaternary nitrogens is 1. The Kier molecular flexibility index (Phi) is 8.91. The topological polar surface area (TPSA) is 87.8 Å². The summed E-state index contributed by atoms with van der Waals surface area (Å²) < 4.78 is 29.9. The maximum Gasteiger partial charge on any atom is 0.265 e. The van der Waals surface area contributed by atoms with E-state index in [-0.39, 0.29) is 11.7 Å². The minimum atomic E-state index is -3.91. The minimum Gasteiger partial charge on any atom is -0.355 e. The highest BCUT2D eigenvalue weighted by Crippen LogP contribution is 2.28. The van der Waals surface area contributed by atoms with Crippen LogP contribution in [0.3, 0.4) is 0 Å². The third-order valence-corrected chi connectivity index (χ3v) is 5.13. The summed E-state index contributed by atoms with van der Waals surface area (Å²) in [6, 6.07) is 0. The molecule has 0 heterocycles. The zero-order valence-corrected chi connectivity index (χ0v) is 17.6.